The Labute approximate surface area is 86.5 Å². The van der Waals surface area contributed by atoms with Crippen molar-refractivity contribution < 1.29 is 4.79 Å². The molecule has 3 heteroatoms. The van der Waals surface area contributed by atoms with Crippen LogP contribution in [0.4, 0.5) is 0 Å². The Bertz CT molecular complexity index is 323. The molecule has 0 aliphatic rings. The summed E-state index contributed by atoms with van der Waals surface area (Å²) in [6.07, 6.45) is 0. The molecule has 1 aromatic rings. The SMILES string of the molecule is CC(=O)NCc1cccc(C)c1Br. The molecule has 0 saturated heterocycles. The van der Waals surface area contributed by atoms with Gasteiger partial charge in [0.05, 0.1) is 0 Å². The molecule has 0 unspecified atom stereocenters. The summed E-state index contributed by atoms with van der Waals surface area (Å²) >= 11 is 3.48. The highest BCUT2D eigenvalue weighted by Crippen LogP contribution is 2.20. The smallest absolute Gasteiger partial charge is 0.217 e. The topological polar surface area (TPSA) is 29.1 Å². The molecule has 1 rings (SSSR count). The van der Waals surface area contributed by atoms with E-state index in [0.29, 0.717) is 6.54 Å². The molecule has 1 aromatic carbocycles. The Morgan fingerprint density at radius 3 is 2.85 bits per heavy atom. The van der Waals surface area contributed by atoms with E-state index < -0.39 is 0 Å². The minimum absolute atomic E-state index is 0.00611. The maximum atomic E-state index is 10.7. The number of nitrogens with one attached hydrogen (secondary N) is 1. The van der Waals surface area contributed by atoms with Gasteiger partial charge in [-0.1, -0.05) is 34.1 Å². The van der Waals surface area contributed by atoms with Crippen molar-refractivity contribution in [3.05, 3.63) is 33.8 Å². The first-order valence-electron chi connectivity index (χ1n) is 4.09. The predicted molar refractivity (Wildman–Crippen MR) is 56.4 cm³/mol. The van der Waals surface area contributed by atoms with Crippen LogP contribution in [0.1, 0.15) is 18.1 Å². The van der Waals surface area contributed by atoms with Crippen molar-refractivity contribution in [2.45, 2.75) is 20.4 Å². The first kappa shape index (κ1) is 10.3. The molecule has 0 bridgehead atoms. The van der Waals surface area contributed by atoms with E-state index in [9.17, 15) is 4.79 Å². The van der Waals surface area contributed by atoms with Crippen molar-refractivity contribution in [3.63, 3.8) is 0 Å². The molecule has 0 atom stereocenters. The Morgan fingerprint density at radius 2 is 2.23 bits per heavy atom. The van der Waals surface area contributed by atoms with Gasteiger partial charge in [-0.2, -0.15) is 0 Å². The number of hydrogen-bond donors (Lipinski definition) is 1. The van der Waals surface area contributed by atoms with Crippen LogP contribution < -0.4 is 5.32 Å². The minimum Gasteiger partial charge on any atom is -0.352 e. The standard InChI is InChI=1S/C10H12BrNO/c1-7-4-3-5-9(10(7)11)6-12-8(2)13/h3-5H,6H2,1-2H3,(H,12,13). The summed E-state index contributed by atoms with van der Waals surface area (Å²) in [5.74, 6) is -0.00611. The predicted octanol–water partition coefficient (Wildman–Crippen LogP) is 2.39. The van der Waals surface area contributed by atoms with E-state index in [2.05, 4.69) is 21.2 Å². The molecule has 1 N–H and O–H groups in total. The fraction of sp³-hybridized carbons (Fsp3) is 0.300. The second-order valence-corrected chi connectivity index (χ2v) is 3.75. The van der Waals surface area contributed by atoms with Crippen LogP contribution in [0.5, 0.6) is 0 Å². The van der Waals surface area contributed by atoms with Crippen molar-refractivity contribution in [3.8, 4) is 0 Å². The molecule has 1 amide bonds. The molecular weight excluding hydrogens is 230 g/mol. The quantitative estimate of drug-likeness (QED) is 0.847. The summed E-state index contributed by atoms with van der Waals surface area (Å²) < 4.78 is 1.07. The second-order valence-electron chi connectivity index (χ2n) is 2.96. The summed E-state index contributed by atoms with van der Waals surface area (Å²) in [6.45, 7) is 4.13. The average molecular weight is 242 g/mol. The Kier molecular flexibility index (Phi) is 3.48. The summed E-state index contributed by atoms with van der Waals surface area (Å²) in [6, 6.07) is 6.01. The maximum Gasteiger partial charge on any atom is 0.217 e. The molecule has 13 heavy (non-hydrogen) atoms. The van der Waals surface area contributed by atoms with Gasteiger partial charge >= 0.3 is 0 Å². The average Bonchev–Trinajstić information content (AvgIpc) is 2.07. The minimum atomic E-state index is -0.00611. The summed E-state index contributed by atoms with van der Waals surface area (Å²) in [4.78, 5) is 10.7. The van der Waals surface area contributed by atoms with Gasteiger partial charge in [0.15, 0.2) is 0 Å². The van der Waals surface area contributed by atoms with Crippen molar-refractivity contribution in [1.29, 1.82) is 0 Å². The Balaban J connectivity index is 2.77. The van der Waals surface area contributed by atoms with Crippen molar-refractivity contribution in [2.75, 3.05) is 0 Å². The number of amides is 1. The van der Waals surface area contributed by atoms with Crippen LogP contribution in [0.15, 0.2) is 22.7 Å². The van der Waals surface area contributed by atoms with Gasteiger partial charge in [-0.15, -0.1) is 0 Å². The summed E-state index contributed by atoms with van der Waals surface area (Å²) in [7, 11) is 0. The molecule has 0 spiro atoms. The van der Waals surface area contributed by atoms with E-state index in [1.165, 1.54) is 12.5 Å². The zero-order valence-electron chi connectivity index (χ0n) is 7.73. The zero-order valence-corrected chi connectivity index (χ0v) is 9.31. The maximum absolute atomic E-state index is 10.7. The number of carbonyl (C=O) groups is 1. The molecular formula is C10H12BrNO. The third-order valence-corrected chi connectivity index (χ3v) is 2.93. The number of aryl methyl sites for hydroxylation is 1. The zero-order chi connectivity index (χ0) is 9.84. The van der Waals surface area contributed by atoms with Gasteiger partial charge in [-0.05, 0) is 18.1 Å². The second kappa shape index (κ2) is 4.42. The fourth-order valence-corrected chi connectivity index (χ4v) is 1.47. The largest absolute Gasteiger partial charge is 0.352 e. The number of halogens is 1. The highest BCUT2D eigenvalue weighted by atomic mass is 79.9. The molecule has 0 fully saturated rings. The fourth-order valence-electron chi connectivity index (χ4n) is 1.06. The summed E-state index contributed by atoms with van der Waals surface area (Å²) in [5.41, 5.74) is 2.29. The normalized spacial score (nSPS) is 9.77. The number of rotatable bonds is 2. The molecule has 0 aliphatic carbocycles. The first-order chi connectivity index (χ1) is 6.11. The van der Waals surface area contributed by atoms with Crippen molar-refractivity contribution in [2.24, 2.45) is 0 Å². The molecule has 0 radical (unpaired) electrons. The summed E-state index contributed by atoms with van der Waals surface area (Å²) in [5, 5.41) is 2.76. The van der Waals surface area contributed by atoms with Crippen LogP contribution in [0.25, 0.3) is 0 Å². The van der Waals surface area contributed by atoms with Crippen molar-refractivity contribution >= 4 is 21.8 Å². The van der Waals surface area contributed by atoms with Gasteiger partial charge in [-0.25, -0.2) is 0 Å². The number of hydrogen-bond acceptors (Lipinski definition) is 1. The van der Waals surface area contributed by atoms with E-state index >= 15 is 0 Å². The van der Waals surface area contributed by atoms with E-state index in [1.54, 1.807) is 0 Å². The molecule has 2 nitrogen and oxygen atoms in total. The van der Waals surface area contributed by atoms with E-state index in [-0.39, 0.29) is 5.91 Å². The van der Waals surface area contributed by atoms with Crippen LogP contribution in [0.2, 0.25) is 0 Å². The monoisotopic (exact) mass is 241 g/mol. The van der Waals surface area contributed by atoms with Gasteiger partial charge in [-0.3, -0.25) is 4.79 Å². The lowest BCUT2D eigenvalue weighted by atomic mass is 10.1. The third kappa shape index (κ3) is 2.84. The van der Waals surface area contributed by atoms with Crippen LogP contribution in [-0.4, -0.2) is 5.91 Å². The van der Waals surface area contributed by atoms with Gasteiger partial charge in [0.1, 0.15) is 0 Å². The number of carbonyl (C=O) groups excluding carboxylic acids is 1. The van der Waals surface area contributed by atoms with Gasteiger partial charge in [0, 0.05) is 17.9 Å². The van der Waals surface area contributed by atoms with E-state index in [4.69, 9.17) is 0 Å². The van der Waals surface area contributed by atoms with E-state index in [1.807, 2.05) is 25.1 Å². The van der Waals surface area contributed by atoms with E-state index in [0.717, 1.165) is 10.0 Å². The van der Waals surface area contributed by atoms with Gasteiger partial charge in [0.2, 0.25) is 5.91 Å². The van der Waals surface area contributed by atoms with Crippen LogP contribution in [0.3, 0.4) is 0 Å². The van der Waals surface area contributed by atoms with Crippen LogP contribution >= 0.6 is 15.9 Å². The lowest BCUT2D eigenvalue weighted by Crippen LogP contribution is -2.19. The van der Waals surface area contributed by atoms with Gasteiger partial charge < -0.3 is 5.32 Å². The van der Waals surface area contributed by atoms with Gasteiger partial charge in [0.25, 0.3) is 0 Å². The van der Waals surface area contributed by atoms with Crippen LogP contribution in [-0.2, 0) is 11.3 Å². The molecule has 0 aliphatic heterocycles. The highest BCUT2D eigenvalue weighted by Gasteiger charge is 2.01. The lowest BCUT2D eigenvalue weighted by Gasteiger charge is -2.06. The number of benzene rings is 1. The Hall–Kier alpha value is -0.830. The molecule has 0 aromatic heterocycles. The van der Waals surface area contributed by atoms with Crippen molar-refractivity contribution in [1.82, 2.24) is 5.32 Å². The molecule has 0 saturated carbocycles. The third-order valence-electron chi connectivity index (χ3n) is 1.80. The highest BCUT2D eigenvalue weighted by molar-refractivity contribution is 9.10. The Morgan fingerprint density at radius 1 is 1.54 bits per heavy atom. The molecule has 70 valence electrons. The molecule has 0 heterocycles. The van der Waals surface area contributed by atoms with Crippen LogP contribution in [0, 0.1) is 6.92 Å². The lowest BCUT2D eigenvalue weighted by molar-refractivity contribution is -0.119. The first-order valence-corrected chi connectivity index (χ1v) is 4.89.